The lowest BCUT2D eigenvalue weighted by Gasteiger charge is -2.15. The van der Waals surface area contributed by atoms with Gasteiger partial charge < -0.3 is 14.0 Å². The van der Waals surface area contributed by atoms with Gasteiger partial charge in [-0.3, -0.25) is 9.59 Å². The van der Waals surface area contributed by atoms with Crippen molar-refractivity contribution in [3.63, 3.8) is 0 Å². The van der Waals surface area contributed by atoms with Crippen LogP contribution in [0.4, 0.5) is 5.69 Å². The van der Waals surface area contributed by atoms with E-state index in [0.717, 1.165) is 16.8 Å². The minimum absolute atomic E-state index is 0.0406. The number of amides is 1. The van der Waals surface area contributed by atoms with Crippen molar-refractivity contribution >= 4 is 22.6 Å². The lowest BCUT2D eigenvalue weighted by molar-refractivity contribution is -0.117. The van der Waals surface area contributed by atoms with Crippen molar-refractivity contribution in [2.24, 2.45) is 0 Å². The lowest BCUT2D eigenvalue weighted by Crippen LogP contribution is -2.24. The maximum absolute atomic E-state index is 12.5. The van der Waals surface area contributed by atoms with Gasteiger partial charge in [-0.15, -0.1) is 0 Å². The summed E-state index contributed by atoms with van der Waals surface area (Å²) in [6.45, 7) is 4.72. The lowest BCUT2D eigenvalue weighted by atomic mass is 10.1. The largest absolute Gasteiger partial charge is 0.339 e. The van der Waals surface area contributed by atoms with E-state index < -0.39 is 0 Å². The molecule has 1 atom stereocenters. The number of anilines is 1. The zero-order valence-corrected chi connectivity index (χ0v) is 17.3. The molecule has 8 heteroatoms. The van der Waals surface area contributed by atoms with Crippen LogP contribution in [0.5, 0.6) is 0 Å². The normalized spacial score (nSPS) is 16.4. The van der Waals surface area contributed by atoms with Gasteiger partial charge in [0.15, 0.2) is 0 Å². The summed E-state index contributed by atoms with van der Waals surface area (Å²) in [6, 6.07) is 15.1. The topological polar surface area (TPSA) is 94.1 Å². The van der Waals surface area contributed by atoms with E-state index in [-0.39, 0.29) is 17.4 Å². The number of rotatable bonds is 4. The Morgan fingerprint density at radius 3 is 2.68 bits per heavy atom. The quantitative estimate of drug-likeness (QED) is 0.508. The fourth-order valence-corrected chi connectivity index (χ4v) is 4.08. The van der Waals surface area contributed by atoms with Gasteiger partial charge in [-0.2, -0.15) is 4.98 Å². The SMILES string of the molecule is CCn1c(=O)c(C)nc2cc(-c3noc([C@@H]4CC(=O)N(c5ccccc5)C4)n3)ccc21. The number of fused-ring (bicyclic) bond motifs is 1. The molecule has 0 bridgehead atoms. The number of para-hydroxylation sites is 1. The number of aromatic nitrogens is 4. The summed E-state index contributed by atoms with van der Waals surface area (Å²) < 4.78 is 7.22. The van der Waals surface area contributed by atoms with Gasteiger partial charge in [-0.1, -0.05) is 23.4 Å². The smallest absolute Gasteiger partial charge is 0.272 e. The summed E-state index contributed by atoms with van der Waals surface area (Å²) in [7, 11) is 0. The van der Waals surface area contributed by atoms with Gasteiger partial charge in [0.1, 0.15) is 5.69 Å². The standard InChI is InChI=1S/C23H21N5O3/c1-3-27-19-10-9-15(11-18(19)24-14(2)23(27)30)21-25-22(31-26-21)16-12-20(29)28(13-16)17-7-5-4-6-8-17/h4-11,16H,3,12-13H2,1-2H3/t16-/m1/s1. The number of carbonyl (C=O) groups excluding carboxylic acids is 1. The zero-order valence-electron chi connectivity index (χ0n) is 17.3. The van der Waals surface area contributed by atoms with Crippen LogP contribution in [-0.4, -0.2) is 32.1 Å². The average Bonchev–Trinajstić information content (AvgIpc) is 3.42. The maximum atomic E-state index is 12.5. The van der Waals surface area contributed by atoms with Gasteiger partial charge in [-0.25, -0.2) is 4.98 Å². The third-order valence-corrected chi connectivity index (χ3v) is 5.67. The Kier molecular flexibility index (Phi) is 4.62. The molecule has 1 aliphatic rings. The van der Waals surface area contributed by atoms with E-state index in [2.05, 4.69) is 15.1 Å². The van der Waals surface area contributed by atoms with Crippen molar-refractivity contribution in [1.29, 1.82) is 0 Å². The second-order valence-electron chi connectivity index (χ2n) is 7.65. The summed E-state index contributed by atoms with van der Waals surface area (Å²) in [6.07, 6.45) is 0.331. The monoisotopic (exact) mass is 415 g/mol. The van der Waals surface area contributed by atoms with E-state index in [1.54, 1.807) is 16.4 Å². The third-order valence-electron chi connectivity index (χ3n) is 5.67. The van der Waals surface area contributed by atoms with Crippen molar-refractivity contribution in [3.05, 3.63) is 70.5 Å². The fourth-order valence-electron chi connectivity index (χ4n) is 4.08. The number of hydrogen-bond donors (Lipinski definition) is 0. The molecule has 0 radical (unpaired) electrons. The first kappa shape index (κ1) is 19.2. The summed E-state index contributed by atoms with van der Waals surface area (Å²) >= 11 is 0. The van der Waals surface area contributed by atoms with E-state index in [1.807, 2.05) is 55.5 Å². The molecule has 2 aromatic carbocycles. The third kappa shape index (κ3) is 3.30. The van der Waals surface area contributed by atoms with Gasteiger partial charge in [0.05, 0.1) is 17.0 Å². The van der Waals surface area contributed by atoms with Crippen molar-refractivity contribution in [3.8, 4) is 11.4 Å². The number of nitrogens with zero attached hydrogens (tertiary/aromatic N) is 5. The van der Waals surface area contributed by atoms with Crippen LogP contribution >= 0.6 is 0 Å². The van der Waals surface area contributed by atoms with Gasteiger partial charge in [0.2, 0.25) is 17.6 Å². The predicted molar refractivity (Wildman–Crippen MR) is 116 cm³/mol. The molecule has 156 valence electrons. The molecular weight excluding hydrogens is 394 g/mol. The van der Waals surface area contributed by atoms with Crippen molar-refractivity contribution < 1.29 is 9.32 Å². The Morgan fingerprint density at radius 1 is 1.10 bits per heavy atom. The highest BCUT2D eigenvalue weighted by Crippen LogP contribution is 2.32. The number of aryl methyl sites for hydroxylation is 2. The average molecular weight is 415 g/mol. The van der Waals surface area contributed by atoms with Crippen LogP contribution in [0.15, 0.2) is 57.8 Å². The predicted octanol–water partition coefficient (Wildman–Crippen LogP) is 3.30. The Bertz CT molecular complexity index is 1340. The van der Waals surface area contributed by atoms with E-state index in [0.29, 0.717) is 42.4 Å². The molecule has 1 amide bonds. The van der Waals surface area contributed by atoms with Gasteiger partial charge in [0, 0.05) is 30.8 Å². The second-order valence-corrected chi connectivity index (χ2v) is 7.65. The maximum Gasteiger partial charge on any atom is 0.272 e. The molecule has 1 aliphatic heterocycles. The van der Waals surface area contributed by atoms with Crippen molar-refractivity contribution in [2.45, 2.75) is 32.7 Å². The second kappa shape index (κ2) is 7.46. The van der Waals surface area contributed by atoms with Crippen LogP contribution < -0.4 is 10.5 Å². The summed E-state index contributed by atoms with van der Waals surface area (Å²) in [5, 5.41) is 4.13. The molecule has 5 rings (SSSR count). The molecule has 0 N–H and O–H groups in total. The molecule has 2 aromatic heterocycles. The fraction of sp³-hybridized carbons (Fsp3) is 0.261. The molecule has 0 spiro atoms. The van der Waals surface area contributed by atoms with E-state index >= 15 is 0 Å². The highest BCUT2D eigenvalue weighted by Gasteiger charge is 2.35. The van der Waals surface area contributed by atoms with Gasteiger partial charge >= 0.3 is 0 Å². The van der Waals surface area contributed by atoms with Crippen LogP contribution in [0, 0.1) is 6.92 Å². The Labute approximate surface area is 178 Å². The summed E-state index contributed by atoms with van der Waals surface area (Å²) in [4.78, 5) is 35.6. The summed E-state index contributed by atoms with van der Waals surface area (Å²) in [5.74, 6) is 0.777. The van der Waals surface area contributed by atoms with E-state index in [9.17, 15) is 9.59 Å². The molecule has 0 saturated carbocycles. The molecule has 0 unspecified atom stereocenters. The van der Waals surface area contributed by atoms with Gasteiger partial charge in [0.25, 0.3) is 5.56 Å². The molecule has 4 aromatic rings. The molecule has 8 nitrogen and oxygen atoms in total. The van der Waals surface area contributed by atoms with Crippen LogP contribution in [0.25, 0.3) is 22.4 Å². The Balaban J connectivity index is 1.45. The molecular formula is C23H21N5O3. The zero-order chi connectivity index (χ0) is 21.5. The van der Waals surface area contributed by atoms with Crippen LogP contribution in [0.2, 0.25) is 0 Å². The Hall–Kier alpha value is -3.81. The number of hydrogen-bond acceptors (Lipinski definition) is 6. The molecule has 3 heterocycles. The highest BCUT2D eigenvalue weighted by atomic mass is 16.5. The van der Waals surface area contributed by atoms with Gasteiger partial charge in [-0.05, 0) is 44.2 Å². The van der Waals surface area contributed by atoms with Crippen LogP contribution in [0.3, 0.4) is 0 Å². The van der Waals surface area contributed by atoms with Crippen LogP contribution in [0.1, 0.15) is 30.8 Å². The molecule has 0 aliphatic carbocycles. The van der Waals surface area contributed by atoms with Crippen molar-refractivity contribution in [2.75, 3.05) is 11.4 Å². The first-order chi connectivity index (χ1) is 15.0. The minimum atomic E-state index is -0.153. The number of benzene rings is 2. The van der Waals surface area contributed by atoms with E-state index in [4.69, 9.17) is 4.52 Å². The summed E-state index contributed by atoms with van der Waals surface area (Å²) in [5.41, 5.74) is 3.46. The Morgan fingerprint density at radius 2 is 1.90 bits per heavy atom. The molecule has 1 fully saturated rings. The van der Waals surface area contributed by atoms with E-state index in [1.165, 1.54) is 0 Å². The first-order valence-corrected chi connectivity index (χ1v) is 10.3. The first-order valence-electron chi connectivity index (χ1n) is 10.3. The molecule has 31 heavy (non-hydrogen) atoms. The van der Waals surface area contributed by atoms with Crippen molar-refractivity contribution in [1.82, 2.24) is 19.7 Å². The molecule has 1 saturated heterocycles. The number of carbonyl (C=O) groups is 1. The van der Waals surface area contributed by atoms with Crippen LogP contribution in [-0.2, 0) is 11.3 Å². The highest BCUT2D eigenvalue weighted by molar-refractivity contribution is 5.96. The minimum Gasteiger partial charge on any atom is -0.339 e.